The highest BCUT2D eigenvalue weighted by molar-refractivity contribution is 5.67. The van der Waals surface area contributed by atoms with Gasteiger partial charge in [0, 0.05) is 32.7 Å². The van der Waals surface area contributed by atoms with Gasteiger partial charge in [0.05, 0.1) is 0 Å². The molecule has 3 rings (SSSR count). The van der Waals surface area contributed by atoms with Gasteiger partial charge >= 0.3 is 6.09 Å². The van der Waals surface area contributed by atoms with Crippen molar-refractivity contribution in [2.75, 3.05) is 26.2 Å². The summed E-state index contributed by atoms with van der Waals surface area (Å²) in [4.78, 5) is 16.6. The van der Waals surface area contributed by atoms with Crippen molar-refractivity contribution >= 4 is 6.09 Å². The van der Waals surface area contributed by atoms with E-state index < -0.39 is 0 Å². The van der Waals surface area contributed by atoms with Crippen LogP contribution in [-0.4, -0.2) is 42.1 Å². The van der Waals surface area contributed by atoms with Gasteiger partial charge in [-0.05, 0) is 35.1 Å². The lowest BCUT2D eigenvalue weighted by molar-refractivity contribution is 0.0700. The molecule has 4 nitrogen and oxygen atoms in total. The second kappa shape index (κ2) is 9.56. The molecule has 1 fully saturated rings. The van der Waals surface area contributed by atoms with Gasteiger partial charge in [-0.1, -0.05) is 62.4 Å². The number of rotatable bonds is 6. The molecule has 1 aliphatic rings. The van der Waals surface area contributed by atoms with E-state index in [9.17, 15) is 4.79 Å². The molecule has 0 atom stereocenters. The maximum Gasteiger partial charge on any atom is 0.410 e. The van der Waals surface area contributed by atoms with Gasteiger partial charge in [0.15, 0.2) is 0 Å². The number of carbonyl (C=O) groups is 1. The highest BCUT2D eigenvalue weighted by Gasteiger charge is 2.22. The van der Waals surface area contributed by atoms with Crippen molar-refractivity contribution in [1.29, 1.82) is 0 Å². The van der Waals surface area contributed by atoms with Gasteiger partial charge in [0.2, 0.25) is 0 Å². The van der Waals surface area contributed by atoms with Gasteiger partial charge in [-0.3, -0.25) is 4.90 Å². The Bertz CT molecular complexity index is 737. The summed E-state index contributed by atoms with van der Waals surface area (Å²) in [7, 11) is 0. The third-order valence-corrected chi connectivity index (χ3v) is 5.33. The van der Waals surface area contributed by atoms with Crippen LogP contribution in [0.4, 0.5) is 4.79 Å². The normalized spacial score (nSPS) is 15.0. The lowest BCUT2D eigenvalue weighted by atomic mass is 9.96. The van der Waals surface area contributed by atoms with Crippen LogP contribution in [0.5, 0.6) is 0 Å². The smallest absolute Gasteiger partial charge is 0.410 e. The standard InChI is InChI=1S/C23H30N2O2/c1-3-20-11-8-12-21(22(20)4-2)17-24-13-15-25(16-14-24)23(26)27-18-19-9-6-5-7-10-19/h5-12H,3-4,13-18H2,1-2H3. The van der Waals surface area contributed by atoms with E-state index in [0.29, 0.717) is 6.61 Å². The van der Waals surface area contributed by atoms with E-state index in [0.717, 1.165) is 51.1 Å². The molecule has 144 valence electrons. The van der Waals surface area contributed by atoms with Crippen molar-refractivity contribution in [3.05, 3.63) is 70.8 Å². The zero-order chi connectivity index (χ0) is 19.1. The maximum absolute atomic E-state index is 12.3. The van der Waals surface area contributed by atoms with Crippen LogP contribution < -0.4 is 0 Å². The topological polar surface area (TPSA) is 32.8 Å². The summed E-state index contributed by atoms with van der Waals surface area (Å²) in [6, 6.07) is 16.5. The van der Waals surface area contributed by atoms with E-state index in [-0.39, 0.29) is 6.09 Å². The van der Waals surface area contributed by atoms with E-state index in [4.69, 9.17) is 4.74 Å². The van der Waals surface area contributed by atoms with Crippen molar-refractivity contribution in [3.8, 4) is 0 Å². The number of amides is 1. The average Bonchev–Trinajstić information content (AvgIpc) is 2.73. The van der Waals surface area contributed by atoms with E-state index in [1.165, 1.54) is 16.7 Å². The van der Waals surface area contributed by atoms with E-state index in [1.807, 2.05) is 35.2 Å². The summed E-state index contributed by atoms with van der Waals surface area (Å²) in [6.07, 6.45) is 1.95. The molecule has 4 heteroatoms. The zero-order valence-electron chi connectivity index (χ0n) is 16.5. The minimum absolute atomic E-state index is 0.208. The fraction of sp³-hybridized carbons (Fsp3) is 0.435. The van der Waals surface area contributed by atoms with Gasteiger partial charge in [0.25, 0.3) is 0 Å². The Balaban J connectivity index is 1.50. The third-order valence-electron chi connectivity index (χ3n) is 5.33. The molecule has 27 heavy (non-hydrogen) atoms. The lowest BCUT2D eigenvalue weighted by Crippen LogP contribution is -2.48. The van der Waals surface area contributed by atoms with Crippen LogP contribution in [0, 0.1) is 0 Å². The number of carbonyl (C=O) groups excluding carboxylic acids is 1. The highest BCUT2D eigenvalue weighted by Crippen LogP contribution is 2.19. The molecule has 0 aliphatic carbocycles. The van der Waals surface area contributed by atoms with Crippen molar-refractivity contribution in [1.82, 2.24) is 9.80 Å². The van der Waals surface area contributed by atoms with Gasteiger partial charge in [-0.25, -0.2) is 4.79 Å². The summed E-state index contributed by atoms with van der Waals surface area (Å²) in [6.45, 7) is 8.98. The SMILES string of the molecule is CCc1cccc(CN2CCN(C(=O)OCc3ccccc3)CC2)c1CC. The van der Waals surface area contributed by atoms with E-state index >= 15 is 0 Å². The molecule has 2 aromatic carbocycles. The minimum atomic E-state index is -0.208. The van der Waals surface area contributed by atoms with Gasteiger partial charge in [-0.2, -0.15) is 0 Å². The molecule has 1 aliphatic heterocycles. The number of nitrogens with zero attached hydrogens (tertiary/aromatic N) is 2. The first-order chi connectivity index (χ1) is 13.2. The summed E-state index contributed by atoms with van der Waals surface area (Å²) in [5.74, 6) is 0. The van der Waals surface area contributed by atoms with E-state index in [2.05, 4.69) is 36.9 Å². The quantitative estimate of drug-likeness (QED) is 0.765. The first kappa shape index (κ1) is 19.4. The Morgan fingerprint density at radius 2 is 1.59 bits per heavy atom. The summed E-state index contributed by atoms with van der Waals surface area (Å²) in [5, 5.41) is 0. The molecule has 0 aromatic heterocycles. The van der Waals surface area contributed by atoms with Gasteiger partial charge < -0.3 is 9.64 Å². The van der Waals surface area contributed by atoms with E-state index in [1.54, 1.807) is 0 Å². The molecule has 0 bridgehead atoms. The Morgan fingerprint density at radius 3 is 2.26 bits per heavy atom. The molecule has 0 unspecified atom stereocenters. The van der Waals surface area contributed by atoms with Crippen molar-refractivity contribution in [2.45, 2.75) is 39.8 Å². The second-order valence-corrected chi connectivity index (χ2v) is 7.07. The molecule has 1 saturated heterocycles. The molecular weight excluding hydrogens is 336 g/mol. The first-order valence-electron chi connectivity index (χ1n) is 9.98. The fourth-order valence-corrected chi connectivity index (χ4v) is 3.76. The Morgan fingerprint density at radius 1 is 0.889 bits per heavy atom. The molecule has 0 radical (unpaired) electrons. The van der Waals surface area contributed by atoms with Crippen LogP contribution in [0.2, 0.25) is 0 Å². The number of benzene rings is 2. The van der Waals surface area contributed by atoms with Crippen LogP contribution >= 0.6 is 0 Å². The fourth-order valence-electron chi connectivity index (χ4n) is 3.76. The summed E-state index contributed by atoms with van der Waals surface area (Å²) in [5.41, 5.74) is 5.40. The number of hydrogen-bond acceptors (Lipinski definition) is 3. The molecule has 1 amide bonds. The molecule has 0 saturated carbocycles. The van der Waals surface area contributed by atoms with Gasteiger partial charge in [0.1, 0.15) is 6.61 Å². The largest absolute Gasteiger partial charge is 0.445 e. The van der Waals surface area contributed by atoms with Crippen molar-refractivity contribution in [2.24, 2.45) is 0 Å². The van der Waals surface area contributed by atoms with Crippen LogP contribution in [0.25, 0.3) is 0 Å². The monoisotopic (exact) mass is 366 g/mol. The highest BCUT2D eigenvalue weighted by atomic mass is 16.6. The predicted molar refractivity (Wildman–Crippen MR) is 109 cm³/mol. The van der Waals surface area contributed by atoms with Crippen molar-refractivity contribution < 1.29 is 9.53 Å². The second-order valence-electron chi connectivity index (χ2n) is 7.07. The predicted octanol–water partition coefficient (Wildman–Crippen LogP) is 4.27. The Kier molecular flexibility index (Phi) is 6.88. The Hall–Kier alpha value is -2.33. The Labute approximate surface area is 162 Å². The molecular formula is C23H30N2O2. The average molecular weight is 367 g/mol. The van der Waals surface area contributed by atoms with Crippen LogP contribution in [0.15, 0.2) is 48.5 Å². The van der Waals surface area contributed by atoms with Crippen LogP contribution in [-0.2, 0) is 30.7 Å². The summed E-state index contributed by atoms with van der Waals surface area (Å²) >= 11 is 0. The minimum Gasteiger partial charge on any atom is -0.445 e. The van der Waals surface area contributed by atoms with Crippen LogP contribution in [0.1, 0.15) is 36.1 Å². The molecule has 2 aromatic rings. The first-order valence-corrected chi connectivity index (χ1v) is 9.98. The maximum atomic E-state index is 12.3. The molecule has 0 spiro atoms. The number of aryl methyl sites for hydroxylation is 1. The number of hydrogen-bond donors (Lipinski definition) is 0. The van der Waals surface area contributed by atoms with Gasteiger partial charge in [-0.15, -0.1) is 0 Å². The lowest BCUT2D eigenvalue weighted by Gasteiger charge is -2.34. The van der Waals surface area contributed by atoms with Crippen LogP contribution in [0.3, 0.4) is 0 Å². The molecule has 0 N–H and O–H groups in total. The summed E-state index contributed by atoms with van der Waals surface area (Å²) < 4.78 is 5.46. The third kappa shape index (κ3) is 5.10. The van der Waals surface area contributed by atoms with Crippen molar-refractivity contribution in [3.63, 3.8) is 0 Å². The number of piperazine rings is 1. The number of ether oxygens (including phenoxy) is 1. The zero-order valence-corrected chi connectivity index (χ0v) is 16.5. The molecule has 1 heterocycles.